The summed E-state index contributed by atoms with van der Waals surface area (Å²) in [5.74, 6) is -0.397. The third kappa shape index (κ3) is 5.41. The van der Waals surface area contributed by atoms with Crippen molar-refractivity contribution in [1.29, 1.82) is 0 Å². The molecule has 26 heavy (non-hydrogen) atoms. The second-order valence-electron chi connectivity index (χ2n) is 6.73. The Kier molecular flexibility index (Phi) is 6.62. The van der Waals surface area contributed by atoms with E-state index in [1.165, 1.54) is 11.3 Å². The average molecular weight is 403 g/mol. The third-order valence-electron chi connectivity index (χ3n) is 4.61. The number of urea groups is 1. The number of nitrogens with one attached hydrogen (secondary N) is 3. The minimum absolute atomic E-state index is 0.0573. The first-order valence-corrected chi connectivity index (χ1v) is 11.3. The second kappa shape index (κ2) is 8.34. The van der Waals surface area contributed by atoms with Crippen LogP contribution < -0.4 is 16.0 Å². The molecule has 3 N–H and O–H groups in total. The molecule has 3 atom stereocenters. The van der Waals surface area contributed by atoms with Crippen molar-refractivity contribution in [1.82, 2.24) is 15.6 Å². The summed E-state index contributed by atoms with van der Waals surface area (Å²) in [6, 6.07) is -1.67. The molecule has 146 valence electrons. The van der Waals surface area contributed by atoms with Crippen molar-refractivity contribution < 1.29 is 18.0 Å². The molecular weight excluding hydrogens is 376 g/mol. The lowest BCUT2D eigenvalue weighted by Gasteiger charge is -2.24. The lowest BCUT2D eigenvalue weighted by Crippen LogP contribution is -2.53. The monoisotopic (exact) mass is 402 g/mol. The fourth-order valence-corrected chi connectivity index (χ4v) is 5.18. The van der Waals surface area contributed by atoms with Crippen molar-refractivity contribution in [2.24, 2.45) is 5.92 Å². The Bertz CT molecular complexity index is 756. The summed E-state index contributed by atoms with van der Waals surface area (Å²) in [5, 5.41) is 8.60. The Morgan fingerprint density at radius 3 is 2.54 bits per heavy atom. The highest BCUT2D eigenvalue weighted by molar-refractivity contribution is 7.91. The van der Waals surface area contributed by atoms with Gasteiger partial charge < -0.3 is 16.0 Å². The zero-order valence-corrected chi connectivity index (χ0v) is 17.1. The number of carbonyl (C=O) groups is 2. The van der Waals surface area contributed by atoms with Crippen molar-refractivity contribution >= 4 is 38.2 Å². The molecule has 1 aliphatic heterocycles. The Morgan fingerprint density at radius 2 is 2.04 bits per heavy atom. The summed E-state index contributed by atoms with van der Waals surface area (Å²) in [7, 11) is -3.08. The Hall–Kier alpha value is -1.68. The van der Waals surface area contributed by atoms with Gasteiger partial charge in [0, 0.05) is 10.9 Å². The highest BCUT2D eigenvalue weighted by Crippen LogP contribution is 2.22. The number of aryl methyl sites for hydroxylation is 2. The maximum atomic E-state index is 12.6. The van der Waals surface area contributed by atoms with Gasteiger partial charge in [0.25, 0.3) is 0 Å². The number of amides is 3. The number of hydrogen-bond donors (Lipinski definition) is 3. The summed E-state index contributed by atoms with van der Waals surface area (Å²) in [6.45, 7) is 7.61. The number of carbonyl (C=O) groups excluding carboxylic acids is 2. The lowest BCUT2D eigenvalue weighted by molar-refractivity contribution is -0.119. The van der Waals surface area contributed by atoms with E-state index in [0.717, 1.165) is 10.6 Å². The molecule has 1 aliphatic rings. The number of sulfone groups is 1. The highest BCUT2D eigenvalue weighted by Gasteiger charge is 2.31. The molecule has 0 spiro atoms. The van der Waals surface area contributed by atoms with E-state index in [9.17, 15) is 18.0 Å². The van der Waals surface area contributed by atoms with Crippen LogP contribution >= 0.6 is 11.3 Å². The third-order valence-corrected chi connectivity index (χ3v) is 7.36. The van der Waals surface area contributed by atoms with Crippen LogP contribution in [0.4, 0.5) is 9.93 Å². The maximum absolute atomic E-state index is 12.6. The molecule has 0 bridgehead atoms. The van der Waals surface area contributed by atoms with Gasteiger partial charge in [-0.2, -0.15) is 0 Å². The van der Waals surface area contributed by atoms with E-state index in [2.05, 4.69) is 20.9 Å². The van der Waals surface area contributed by atoms with E-state index in [1.54, 1.807) is 0 Å². The fraction of sp³-hybridized carbons (Fsp3) is 0.688. The molecule has 1 saturated heterocycles. The van der Waals surface area contributed by atoms with Crippen LogP contribution in [0.25, 0.3) is 0 Å². The van der Waals surface area contributed by atoms with E-state index in [-0.39, 0.29) is 23.3 Å². The minimum Gasteiger partial charge on any atom is -0.334 e. The van der Waals surface area contributed by atoms with Gasteiger partial charge in [0.2, 0.25) is 5.91 Å². The lowest BCUT2D eigenvalue weighted by atomic mass is 9.98. The van der Waals surface area contributed by atoms with Gasteiger partial charge in [-0.05, 0) is 26.2 Å². The normalized spacial score (nSPS) is 21.0. The van der Waals surface area contributed by atoms with Crippen LogP contribution in [-0.4, -0.2) is 48.9 Å². The summed E-state index contributed by atoms with van der Waals surface area (Å²) in [5.41, 5.74) is 0.860. The molecular formula is C16H26N4O4S2. The summed E-state index contributed by atoms with van der Waals surface area (Å²) in [6.07, 6.45) is 1.10. The predicted octanol–water partition coefficient (Wildman–Crippen LogP) is 1.60. The molecule has 2 heterocycles. The van der Waals surface area contributed by atoms with Crippen LogP contribution in [0.1, 0.15) is 37.3 Å². The van der Waals surface area contributed by atoms with Gasteiger partial charge in [0.1, 0.15) is 6.04 Å². The van der Waals surface area contributed by atoms with Crippen LogP contribution in [-0.2, 0) is 14.6 Å². The van der Waals surface area contributed by atoms with Crippen molar-refractivity contribution in [2.75, 3.05) is 16.8 Å². The molecule has 1 aromatic heterocycles. The SMILES string of the molecule is CC[C@H](C)[C@@H](NC(=O)NC1CCS(=O)(=O)C1)C(=O)Nc1nc(C)c(C)s1. The molecule has 1 fully saturated rings. The molecule has 3 amide bonds. The number of rotatable bonds is 6. The second-order valence-corrected chi connectivity index (χ2v) is 10.2. The van der Waals surface area contributed by atoms with Gasteiger partial charge in [-0.3, -0.25) is 4.79 Å². The number of anilines is 1. The first kappa shape index (κ1) is 20.6. The van der Waals surface area contributed by atoms with Crippen molar-refractivity contribution in [3.05, 3.63) is 10.6 Å². The van der Waals surface area contributed by atoms with Gasteiger partial charge in [0.15, 0.2) is 15.0 Å². The molecule has 1 unspecified atom stereocenters. The number of hydrogen-bond acceptors (Lipinski definition) is 6. The zero-order chi connectivity index (χ0) is 19.5. The predicted molar refractivity (Wildman–Crippen MR) is 102 cm³/mol. The average Bonchev–Trinajstić information content (AvgIpc) is 3.05. The van der Waals surface area contributed by atoms with Gasteiger partial charge in [-0.1, -0.05) is 20.3 Å². The first-order valence-electron chi connectivity index (χ1n) is 8.63. The summed E-state index contributed by atoms with van der Waals surface area (Å²) < 4.78 is 23.0. The molecule has 0 aliphatic carbocycles. The number of nitrogens with zero attached hydrogens (tertiary/aromatic N) is 1. The van der Waals surface area contributed by atoms with Crippen molar-refractivity contribution in [3.8, 4) is 0 Å². The van der Waals surface area contributed by atoms with Gasteiger partial charge in [-0.15, -0.1) is 11.3 Å². The Morgan fingerprint density at radius 1 is 1.35 bits per heavy atom. The van der Waals surface area contributed by atoms with E-state index in [4.69, 9.17) is 0 Å². The molecule has 2 rings (SSSR count). The molecule has 1 aromatic rings. The first-order chi connectivity index (χ1) is 12.1. The largest absolute Gasteiger partial charge is 0.334 e. The molecule has 0 radical (unpaired) electrons. The maximum Gasteiger partial charge on any atom is 0.315 e. The van der Waals surface area contributed by atoms with Crippen LogP contribution in [0.5, 0.6) is 0 Å². The van der Waals surface area contributed by atoms with Crippen molar-refractivity contribution in [2.45, 2.75) is 52.6 Å². The number of aromatic nitrogens is 1. The topological polar surface area (TPSA) is 117 Å². The van der Waals surface area contributed by atoms with Gasteiger partial charge >= 0.3 is 6.03 Å². The van der Waals surface area contributed by atoms with Crippen LogP contribution in [0.15, 0.2) is 0 Å². The van der Waals surface area contributed by atoms with E-state index in [1.807, 2.05) is 27.7 Å². The summed E-state index contributed by atoms with van der Waals surface area (Å²) >= 11 is 1.39. The smallest absolute Gasteiger partial charge is 0.315 e. The Balaban J connectivity index is 1.99. The van der Waals surface area contributed by atoms with Gasteiger partial charge in [0.05, 0.1) is 17.2 Å². The van der Waals surface area contributed by atoms with Crippen molar-refractivity contribution in [3.63, 3.8) is 0 Å². The molecule has 8 nitrogen and oxygen atoms in total. The van der Waals surface area contributed by atoms with Crippen LogP contribution in [0, 0.1) is 19.8 Å². The van der Waals surface area contributed by atoms with Crippen LogP contribution in [0.2, 0.25) is 0 Å². The molecule has 10 heteroatoms. The fourth-order valence-electron chi connectivity index (χ4n) is 2.69. The van der Waals surface area contributed by atoms with E-state index < -0.39 is 28.0 Å². The molecule has 0 saturated carbocycles. The quantitative estimate of drug-likeness (QED) is 0.668. The van der Waals surface area contributed by atoms with Gasteiger partial charge in [-0.25, -0.2) is 18.2 Å². The minimum atomic E-state index is -3.08. The molecule has 0 aromatic carbocycles. The zero-order valence-electron chi connectivity index (χ0n) is 15.5. The van der Waals surface area contributed by atoms with Crippen LogP contribution in [0.3, 0.4) is 0 Å². The standard InChI is InChI=1S/C16H26N4O4S2/c1-5-9(2)13(14(21)20-16-17-10(3)11(4)25-16)19-15(22)18-12-6-7-26(23,24)8-12/h9,12-13H,5-8H2,1-4H3,(H,17,20,21)(H2,18,19,22)/t9-,12?,13+/m0/s1. The van der Waals surface area contributed by atoms with E-state index >= 15 is 0 Å². The Labute approximate surface area is 158 Å². The highest BCUT2D eigenvalue weighted by atomic mass is 32.2. The number of thiazole rings is 1. The summed E-state index contributed by atoms with van der Waals surface area (Å²) in [4.78, 5) is 30.2. The van der Waals surface area contributed by atoms with E-state index in [0.29, 0.717) is 18.0 Å².